The molecule has 0 aromatic carbocycles. The van der Waals surface area contributed by atoms with Crippen molar-refractivity contribution in [1.29, 1.82) is 0 Å². The minimum Gasteiger partial charge on any atom is -0.134 e. The van der Waals surface area contributed by atoms with E-state index in [1.807, 2.05) is 17.2 Å². The largest absolute Gasteiger partial charge is 0.134 e. The van der Waals surface area contributed by atoms with Gasteiger partial charge in [0.1, 0.15) is 0 Å². The van der Waals surface area contributed by atoms with E-state index in [-0.39, 0.29) is 0 Å². The monoisotopic (exact) mass is 170 g/mol. The molecule has 1 rings (SSSR count). The molecule has 1 aliphatic carbocycles. The summed E-state index contributed by atoms with van der Waals surface area (Å²) in [4.78, 5) is 0. The lowest BCUT2D eigenvalue weighted by Crippen LogP contribution is -2.08. The van der Waals surface area contributed by atoms with Crippen LogP contribution in [0.2, 0.25) is 0 Å². The Morgan fingerprint density at radius 3 is 2.82 bits per heavy atom. The third-order valence-electron chi connectivity index (χ3n) is 2.77. The lowest BCUT2D eigenvalue weighted by molar-refractivity contribution is 0.414. The maximum Gasteiger partial charge on any atom is 0.000486 e. The number of hydrogen-bond acceptors (Lipinski definition) is 1. The second-order valence-corrected chi connectivity index (χ2v) is 4.36. The maximum absolute atomic E-state index is 3.74. The minimum atomic E-state index is 0.989. The molecule has 11 heavy (non-hydrogen) atoms. The summed E-state index contributed by atoms with van der Waals surface area (Å²) in [5.41, 5.74) is 0. The zero-order valence-electron chi connectivity index (χ0n) is 7.38. The molecule has 1 aliphatic rings. The van der Waals surface area contributed by atoms with E-state index in [9.17, 15) is 0 Å². The van der Waals surface area contributed by atoms with Crippen LogP contribution in [0.5, 0.6) is 0 Å². The van der Waals surface area contributed by atoms with E-state index < -0.39 is 0 Å². The minimum absolute atomic E-state index is 0.989. The van der Waals surface area contributed by atoms with Crippen LogP contribution in [0, 0.1) is 11.8 Å². The van der Waals surface area contributed by atoms with Gasteiger partial charge in [0, 0.05) is 5.75 Å². The van der Waals surface area contributed by atoms with Gasteiger partial charge in [-0.1, -0.05) is 32.8 Å². The average molecular weight is 170 g/mol. The van der Waals surface area contributed by atoms with E-state index in [4.69, 9.17) is 0 Å². The van der Waals surface area contributed by atoms with E-state index in [0.717, 1.165) is 11.8 Å². The van der Waals surface area contributed by atoms with Crippen molar-refractivity contribution >= 4 is 11.8 Å². The number of thioether (sulfide) groups is 1. The Hall–Kier alpha value is 0.0900. The highest BCUT2D eigenvalue weighted by Gasteiger charge is 2.24. The lowest BCUT2D eigenvalue weighted by atomic mass is 9.96. The summed E-state index contributed by atoms with van der Waals surface area (Å²) in [6.07, 6.45) is 5.77. The zero-order valence-corrected chi connectivity index (χ0v) is 8.20. The second-order valence-electron chi connectivity index (χ2n) is 3.36. The van der Waals surface area contributed by atoms with E-state index in [1.165, 1.54) is 31.4 Å². The van der Waals surface area contributed by atoms with Crippen molar-refractivity contribution in [2.45, 2.75) is 32.6 Å². The highest BCUT2D eigenvalue weighted by atomic mass is 32.2. The molecule has 0 saturated heterocycles. The number of rotatable bonds is 4. The molecular formula is C10H18S. The summed E-state index contributed by atoms with van der Waals surface area (Å²) in [6, 6.07) is 0. The summed E-state index contributed by atoms with van der Waals surface area (Å²) >= 11 is 1.89. The molecule has 2 unspecified atom stereocenters. The Balaban J connectivity index is 2.25. The van der Waals surface area contributed by atoms with Crippen molar-refractivity contribution in [2.24, 2.45) is 11.8 Å². The van der Waals surface area contributed by atoms with Gasteiger partial charge in [-0.3, -0.25) is 0 Å². The molecule has 1 saturated carbocycles. The topological polar surface area (TPSA) is 0 Å². The summed E-state index contributed by atoms with van der Waals surface area (Å²) in [5.74, 6) is 3.31. The standard InChI is InChI=1S/C10H18S/c1-3-9-6-5-7-10(9)8-11-4-2/h4,9-10H,2-3,5-8H2,1H3. The average Bonchev–Trinajstić information content (AvgIpc) is 2.47. The van der Waals surface area contributed by atoms with Crippen molar-refractivity contribution < 1.29 is 0 Å². The first-order chi connectivity index (χ1) is 5.38. The maximum atomic E-state index is 3.74. The van der Waals surface area contributed by atoms with Gasteiger partial charge >= 0.3 is 0 Å². The van der Waals surface area contributed by atoms with Crippen LogP contribution in [0.1, 0.15) is 32.6 Å². The van der Waals surface area contributed by atoms with E-state index in [0.29, 0.717) is 0 Å². The lowest BCUT2D eigenvalue weighted by Gasteiger charge is -2.15. The van der Waals surface area contributed by atoms with E-state index >= 15 is 0 Å². The highest BCUT2D eigenvalue weighted by molar-refractivity contribution is 8.02. The predicted octanol–water partition coefficient (Wildman–Crippen LogP) is 3.69. The quantitative estimate of drug-likeness (QED) is 0.620. The van der Waals surface area contributed by atoms with Gasteiger partial charge in [0.15, 0.2) is 0 Å². The Morgan fingerprint density at radius 1 is 1.45 bits per heavy atom. The first kappa shape index (κ1) is 9.18. The summed E-state index contributed by atoms with van der Waals surface area (Å²) in [5, 5.41) is 1.98. The van der Waals surface area contributed by atoms with E-state index in [2.05, 4.69) is 13.5 Å². The normalized spacial score (nSPS) is 30.6. The highest BCUT2D eigenvalue weighted by Crippen LogP contribution is 2.35. The summed E-state index contributed by atoms with van der Waals surface area (Å²) < 4.78 is 0. The van der Waals surface area contributed by atoms with E-state index in [1.54, 1.807) is 0 Å². The van der Waals surface area contributed by atoms with Gasteiger partial charge in [0.05, 0.1) is 0 Å². The van der Waals surface area contributed by atoms with Crippen LogP contribution in [0.15, 0.2) is 12.0 Å². The third-order valence-corrected chi connectivity index (χ3v) is 3.63. The van der Waals surface area contributed by atoms with Gasteiger partial charge in [0.25, 0.3) is 0 Å². The van der Waals surface area contributed by atoms with Crippen LogP contribution in [-0.4, -0.2) is 5.75 Å². The smallest absolute Gasteiger partial charge is 0.000486 e. The van der Waals surface area contributed by atoms with Gasteiger partial charge in [-0.15, -0.1) is 11.8 Å². The van der Waals surface area contributed by atoms with Crippen LogP contribution in [0.3, 0.4) is 0 Å². The molecule has 64 valence electrons. The Labute approximate surface area is 74.5 Å². The number of hydrogen-bond donors (Lipinski definition) is 0. The molecule has 2 atom stereocenters. The zero-order chi connectivity index (χ0) is 8.10. The molecule has 0 radical (unpaired) electrons. The second kappa shape index (κ2) is 4.87. The van der Waals surface area contributed by atoms with Gasteiger partial charge < -0.3 is 0 Å². The van der Waals surface area contributed by atoms with Crippen LogP contribution in [-0.2, 0) is 0 Å². The van der Waals surface area contributed by atoms with Crippen molar-refractivity contribution in [3.63, 3.8) is 0 Å². The Morgan fingerprint density at radius 2 is 2.18 bits per heavy atom. The molecule has 1 fully saturated rings. The fourth-order valence-electron chi connectivity index (χ4n) is 2.06. The van der Waals surface area contributed by atoms with Crippen LogP contribution >= 0.6 is 11.8 Å². The molecule has 1 heteroatoms. The van der Waals surface area contributed by atoms with Crippen LogP contribution in [0.25, 0.3) is 0 Å². The van der Waals surface area contributed by atoms with Crippen LogP contribution in [0.4, 0.5) is 0 Å². The van der Waals surface area contributed by atoms with Crippen molar-refractivity contribution in [3.05, 3.63) is 12.0 Å². The Kier molecular flexibility index (Phi) is 4.06. The first-order valence-electron chi connectivity index (χ1n) is 4.61. The third kappa shape index (κ3) is 2.55. The molecule has 0 aromatic heterocycles. The van der Waals surface area contributed by atoms with Gasteiger partial charge in [0.2, 0.25) is 0 Å². The van der Waals surface area contributed by atoms with Crippen LogP contribution < -0.4 is 0 Å². The molecule has 0 spiro atoms. The van der Waals surface area contributed by atoms with Crippen molar-refractivity contribution in [2.75, 3.05) is 5.75 Å². The van der Waals surface area contributed by atoms with Gasteiger partial charge in [-0.05, 0) is 23.7 Å². The molecule has 0 aliphatic heterocycles. The molecule has 0 aromatic rings. The molecular weight excluding hydrogens is 152 g/mol. The van der Waals surface area contributed by atoms with Crippen molar-refractivity contribution in [3.8, 4) is 0 Å². The fourth-order valence-corrected chi connectivity index (χ4v) is 2.88. The molecule has 0 bridgehead atoms. The van der Waals surface area contributed by atoms with Gasteiger partial charge in [-0.2, -0.15) is 0 Å². The first-order valence-corrected chi connectivity index (χ1v) is 5.65. The predicted molar refractivity (Wildman–Crippen MR) is 53.8 cm³/mol. The summed E-state index contributed by atoms with van der Waals surface area (Å²) in [7, 11) is 0. The molecule has 0 N–H and O–H groups in total. The molecule has 0 heterocycles. The molecule has 0 nitrogen and oxygen atoms in total. The SMILES string of the molecule is C=CSCC1CCCC1CC. The van der Waals surface area contributed by atoms with Gasteiger partial charge in [-0.25, -0.2) is 0 Å². The fraction of sp³-hybridized carbons (Fsp3) is 0.800. The molecule has 0 amide bonds. The van der Waals surface area contributed by atoms with Crippen molar-refractivity contribution in [1.82, 2.24) is 0 Å². The summed E-state index contributed by atoms with van der Waals surface area (Å²) in [6.45, 7) is 6.06. The Bertz CT molecular complexity index is 120.